The van der Waals surface area contributed by atoms with Gasteiger partial charge in [-0.25, -0.2) is 0 Å². The lowest BCUT2D eigenvalue weighted by Gasteiger charge is -2.19. The van der Waals surface area contributed by atoms with Crippen molar-refractivity contribution in [2.45, 2.75) is 58.3 Å². The van der Waals surface area contributed by atoms with Crippen LogP contribution in [0, 0.1) is 29.1 Å². The summed E-state index contributed by atoms with van der Waals surface area (Å²) in [5.74, 6) is 7.58. The normalized spacial score (nSPS) is 15.9. The molecule has 0 heterocycles. The van der Waals surface area contributed by atoms with Gasteiger partial charge >= 0.3 is 0 Å². The maximum atomic E-state index is 8.90. The summed E-state index contributed by atoms with van der Waals surface area (Å²) in [6.45, 7) is 2.27. The Bertz CT molecular complexity index is 883. The summed E-state index contributed by atoms with van der Waals surface area (Å²) in [6.07, 6.45) is 12.9. The number of benzene rings is 2. The summed E-state index contributed by atoms with van der Waals surface area (Å²) in [6, 6.07) is 18.2. The van der Waals surface area contributed by atoms with Crippen LogP contribution in [0.3, 0.4) is 0 Å². The molecule has 2 aromatic carbocycles. The number of nitriles is 1. The largest absolute Gasteiger partial charge is 0.192 e. The zero-order valence-electron chi connectivity index (χ0n) is 16.9. The lowest BCUT2D eigenvalue weighted by Crippen LogP contribution is -2.05. The van der Waals surface area contributed by atoms with E-state index in [2.05, 4.69) is 55.2 Å². The molecule has 0 amide bonds. The number of nitrogens with zero attached hydrogens (tertiary/aromatic N) is 1. The fourth-order valence-corrected chi connectivity index (χ4v) is 3.76. The molecule has 0 bridgehead atoms. The molecule has 0 fully saturated rings. The van der Waals surface area contributed by atoms with Crippen molar-refractivity contribution in [1.29, 1.82) is 5.26 Å². The van der Waals surface area contributed by atoms with Crippen LogP contribution in [-0.4, -0.2) is 0 Å². The summed E-state index contributed by atoms with van der Waals surface area (Å²) in [5, 5.41) is 8.90. The zero-order chi connectivity index (χ0) is 19.6. The lowest BCUT2D eigenvalue weighted by atomic mass is 9.86. The first kappa shape index (κ1) is 20.0. The van der Waals surface area contributed by atoms with E-state index >= 15 is 0 Å². The van der Waals surface area contributed by atoms with Crippen molar-refractivity contribution >= 4 is 0 Å². The molecule has 0 saturated heterocycles. The Balaban J connectivity index is 1.54. The molecule has 142 valence electrons. The number of allylic oxidation sites excluding steroid dienone is 2. The smallest absolute Gasteiger partial charge is 0.0991 e. The lowest BCUT2D eigenvalue weighted by molar-refractivity contribution is 0.417. The van der Waals surface area contributed by atoms with Gasteiger partial charge < -0.3 is 0 Å². The molecule has 0 saturated carbocycles. The Kier molecular flexibility index (Phi) is 7.52. The van der Waals surface area contributed by atoms with Crippen molar-refractivity contribution in [1.82, 2.24) is 0 Å². The van der Waals surface area contributed by atoms with Crippen LogP contribution in [-0.2, 0) is 0 Å². The third kappa shape index (κ3) is 5.87. The van der Waals surface area contributed by atoms with Crippen molar-refractivity contribution in [2.24, 2.45) is 5.92 Å². The summed E-state index contributed by atoms with van der Waals surface area (Å²) >= 11 is 0. The Morgan fingerprint density at radius 3 is 2.11 bits per heavy atom. The van der Waals surface area contributed by atoms with Crippen molar-refractivity contribution in [3.05, 3.63) is 71.3 Å². The van der Waals surface area contributed by atoms with Gasteiger partial charge in [-0.15, -0.1) is 0 Å². The molecular formula is C27H29N. The first-order chi connectivity index (χ1) is 13.8. The molecule has 1 atom stereocenters. The van der Waals surface area contributed by atoms with Gasteiger partial charge in [0.05, 0.1) is 11.6 Å². The van der Waals surface area contributed by atoms with Gasteiger partial charge in [0.25, 0.3) is 0 Å². The van der Waals surface area contributed by atoms with Crippen molar-refractivity contribution in [3.8, 4) is 29.0 Å². The Labute approximate surface area is 170 Å². The van der Waals surface area contributed by atoms with Gasteiger partial charge in [0.2, 0.25) is 0 Å². The monoisotopic (exact) mass is 367 g/mol. The first-order valence-corrected chi connectivity index (χ1v) is 10.6. The number of rotatable bonds is 6. The van der Waals surface area contributed by atoms with Crippen LogP contribution in [0.15, 0.2) is 60.2 Å². The zero-order valence-corrected chi connectivity index (χ0v) is 16.9. The minimum Gasteiger partial charge on any atom is -0.192 e. The summed E-state index contributed by atoms with van der Waals surface area (Å²) in [7, 11) is 0. The van der Waals surface area contributed by atoms with Crippen LogP contribution in [0.2, 0.25) is 0 Å². The number of unbranched alkanes of at least 4 members (excludes halogenated alkanes) is 3. The molecule has 1 heteroatoms. The van der Waals surface area contributed by atoms with Crippen LogP contribution < -0.4 is 0 Å². The molecule has 1 unspecified atom stereocenters. The third-order valence-corrected chi connectivity index (χ3v) is 5.59. The molecule has 0 N–H and O–H groups in total. The van der Waals surface area contributed by atoms with E-state index in [1.54, 1.807) is 0 Å². The van der Waals surface area contributed by atoms with Gasteiger partial charge in [-0.3, -0.25) is 0 Å². The average molecular weight is 368 g/mol. The minimum atomic E-state index is 0.690. The standard InChI is InChI=1S/C27H29N/c1-2-3-4-5-6-22-7-9-23(10-8-22)11-12-24-13-17-26(18-14-24)27-19-15-25(21-28)16-20-27/h9,13-20,22H,2-8,10H2,1H3. The highest BCUT2D eigenvalue weighted by atomic mass is 14.2. The minimum absolute atomic E-state index is 0.690. The molecule has 1 aliphatic rings. The van der Waals surface area contributed by atoms with Gasteiger partial charge in [-0.1, -0.05) is 81.2 Å². The fraction of sp³-hybridized carbons (Fsp3) is 0.370. The van der Waals surface area contributed by atoms with Gasteiger partial charge in [-0.05, 0) is 66.1 Å². The molecule has 0 spiro atoms. The van der Waals surface area contributed by atoms with E-state index in [1.807, 2.05) is 24.3 Å². The van der Waals surface area contributed by atoms with Crippen LogP contribution in [0.25, 0.3) is 11.1 Å². The van der Waals surface area contributed by atoms with Crippen LogP contribution in [0.4, 0.5) is 0 Å². The Hall–Kier alpha value is -2.77. The van der Waals surface area contributed by atoms with E-state index in [-0.39, 0.29) is 0 Å². The van der Waals surface area contributed by atoms with Gasteiger partial charge in [0.15, 0.2) is 0 Å². The second-order valence-electron chi connectivity index (χ2n) is 7.74. The van der Waals surface area contributed by atoms with Crippen molar-refractivity contribution in [3.63, 3.8) is 0 Å². The van der Waals surface area contributed by atoms with Gasteiger partial charge in [-0.2, -0.15) is 5.26 Å². The molecule has 3 rings (SSSR count). The Morgan fingerprint density at radius 1 is 0.857 bits per heavy atom. The van der Waals surface area contributed by atoms with Crippen LogP contribution in [0.1, 0.15) is 69.4 Å². The number of hydrogen-bond acceptors (Lipinski definition) is 1. The third-order valence-electron chi connectivity index (χ3n) is 5.59. The van der Waals surface area contributed by atoms with Gasteiger partial charge in [0.1, 0.15) is 0 Å². The maximum Gasteiger partial charge on any atom is 0.0991 e. The molecule has 1 nitrogen and oxygen atoms in total. The van der Waals surface area contributed by atoms with Crippen molar-refractivity contribution < 1.29 is 0 Å². The van der Waals surface area contributed by atoms with Crippen LogP contribution >= 0.6 is 0 Å². The van der Waals surface area contributed by atoms with E-state index in [0.717, 1.165) is 29.0 Å². The van der Waals surface area contributed by atoms with Gasteiger partial charge in [0, 0.05) is 5.56 Å². The summed E-state index contributed by atoms with van der Waals surface area (Å²) < 4.78 is 0. The molecular weight excluding hydrogens is 338 g/mol. The maximum absolute atomic E-state index is 8.90. The van der Waals surface area contributed by atoms with E-state index in [9.17, 15) is 0 Å². The second kappa shape index (κ2) is 10.5. The van der Waals surface area contributed by atoms with E-state index in [0.29, 0.717) is 5.56 Å². The molecule has 0 aliphatic heterocycles. The molecule has 0 aromatic heterocycles. The molecule has 2 aromatic rings. The van der Waals surface area contributed by atoms with E-state index in [4.69, 9.17) is 5.26 Å². The predicted octanol–water partition coefficient (Wildman–Crippen LogP) is 7.27. The summed E-state index contributed by atoms with van der Waals surface area (Å²) in [4.78, 5) is 0. The first-order valence-electron chi connectivity index (χ1n) is 10.6. The molecule has 0 radical (unpaired) electrons. The van der Waals surface area contributed by atoms with E-state index < -0.39 is 0 Å². The van der Waals surface area contributed by atoms with Crippen molar-refractivity contribution in [2.75, 3.05) is 0 Å². The number of hydrogen-bond donors (Lipinski definition) is 0. The highest BCUT2D eigenvalue weighted by Crippen LogP contribution is 2.27. The SMILES string of the molecule is CCCCCCC1CC=C(C#Cc2ccc(-c3ccc(C#N)cc3)cc2)CC1. The predicted molar refractivity (Wildman–Crippen MR) is 118 cm³/mol. The molecule has 1 aliphatic carbocycles. The summed E-state index contributed by atoms with van der Waals surface area (Å²) in [5.41, 5.74) is 5.33. The average Bonchev–Trinajstić information content (AvgIpc) is 2.76. The second-order valence-corrected chi connectivity index (χ2v) is 7.74. The van der Waals surface area contributed by atoms with Crippen LogP contribution in [0.5, 0.6) is 0 Å². The molecule has 28 heavy (non-hydrogen) atoms. The topological polar surface area (TPSA) is 23.8 Å². The quantitative estimate of drug-likeness (QED) is 0.389. The fourth-order valence-electron chi connectivity index (χ4n) is 3.76. The van der Waals surface area contributed by atoms with E-state index in [1.165, 1.54) is 50.5 Å². The Morgan fingerprint density at radius 2 is 1.54 bits per heavy atom. The highest BCUT2D eigenvalue weighted by molar-refractivity contribution is 5.65. The highest BCUT2D eigenvalue weighted by Gasteiger charge is 2.12.